The second-order valence-corrected chi connectivity index (χ2v) is 7.32. The quantitative estimate of drug-likeness (QED) is 0.909. The average Bonchev–Trinajstić information content (AvgIpc) is 2.96. The molecule has 25 heavy (non-hydrogen) atoms. The van der Waals surface area contributed by atoms with Crippen molar-refractivity contribution in [1.82, 2.24) is 14.6 Å². The minimum absolute atomic E-state index is 0.0491. The van der Waals surface area contributed by atoms with Gasteiger partial charge in [0.2, 0.25) is 5.91 Å². The predicted molar refractivity (Wildman–Crippen MR) is 94.6 cm³/mol. The molecule has 0 spiro atoms. The van der Waals surface area contributed by atoms with Gasteiger partial charge in [-0.15, -0.1) is 0 Å². The monoisotopic (exact) mass is 344 g/mol. The molecule has 1 saturated heterocycles. The standard InChI is InChI=1S/C18H24N4O3/c1-18(2,3)25-17(24)21-10-8-13(9-11-21)16(23)20-22-12-19-14-6-4-5-7-15(14)22/h4-7,12-13H,8-11H2,1-3H3,(H,20,23). The first-order valence-corrected chi connectivity index (χ1v) is 8.54. The molecule has 2 heterocycles. The molecule has 0 unspecified atom stereocenters. The molecule has 0 bridgehead atoms. The Morgan fingerprint density at radius 3 is 2.56 bits per heavy atom. The molecule has 1 aromatic heterocycles. The second kappa shape index (κ2) is 6.74. The van der Waals surface area contributed by atoms with Crippen LogP contribution in [0.2, 0.25) is 0 Å². The zero-order valence-electron chi connectivity index (χ0n) is 14.9. The van der Waals surface area contributed by atoms with Crippen molar-refractivity contribution >= 4 is 23.0 Å². The van der Waals surface area contributed by atoms with Crippen LogP contribution < -0.4 is 5.43 Å². The second-order valence-electron chi connectivity index (χ2n) is 7.32. The summed E-state index contributed by atoms with van der Waals surface area (Å²) in [5.41, 5.74) is 4.09. The van der Waals surface area contributed by atoms with Gasteiger partial charge < -0.3 is 9.64 Å². The first-order valence-electron chi connectivity index (χ1n) is 8.54. The zero-order chi connectivity index (χ0) is 18.0. The summed E-state index contributed by atoms with van der Waals surface area (Å²) in [7, 11) is 0. The highest BCUT2D eigenvalue weighted by atomic mass is 16.6. The molecule has 2 amide bonds. The lowest BCUT2D eigenvalue weighted by Gasteiger charge is -2.32. The minimum atomic E-state index is -0.506. The molecule has 7 nitrogen and oxygen atoms in total. The topological polar surface area (TPSA) is 76.5 Å². The number of amides is 2. The van der Waals surface area contributed by atoms with E-state index in [2.05, 4.69) is 10.4 Å². The Morgan fingerprint density at radius 2 is 1.88 bits per heavy atom. The number of hydrogen-bond acceptors (Lipinski definition) is 4. The van der Waals surface area contributed by atoms with Crippen LogP contribution in [0.5, 0.6) is 0 Å². The van der Waals surface area contributed by atoms with Gasteiger partial charge in [-0.1, -0.05) is 12.1 Å². The number of aromatic nitrogens is 2. The number of ether oxygens (including phenoxy) is 1. The summed E-state index contributed by atoms with van der Waals surface area (Å²) in [6, 6.07) is 7.63. The summed E-state index contributed by atoms with van der Waals surface area (Å²) < 4.78 is 7.03. The van der Waals surface area contributed by atoms with E-state index in [9.17, 15) is 9.59 Å². The van der Waals surface area contributed by atoms with Crippen molar-refractivity contribution in [2.75, 3.05) is 18.5 Å². The van der Waals surface area contributed by atoms with Gasteiger partial charge in [-0.25, -0.2) is 14.5 Å². The smallest absolute Gasteiger partial charge is 0.410 e. The fourth-order valence-electron chi connectivity index (χ4n) is 2.91. The van der Waals surface area contributed by atoms with E-state index in [4.69, 9.17) is 4.74 Å². The van der Waals surface area contributed by atoms with E-state index < -0.39 is 5.60 Å². The molecule has 3 rings (SSSR count). The van der Waals surface area contributed by atoms with Crippen molar-refractivity contribution in [1.29, 1.82) is 0 Å². The molecule has 1 N–H and O–H groups in total. The summed E-state index contributed by atoms with van der Waals surface area (Å²) in [6.07, 6.45) is 2.54. The van der Waals surface area contributed by atoms with Crippen LogP contribution in [0, 0.1) is 5.92 Å². The molecule has 1 aromatic carbocycles. The number of piperidine rings is 1. The molecular formula is C18H24N4O3. The van der Waals surface area contributed by atoms with Crippen LogP contribution in [0.1, 0.15) is 33.6 Å². The number of para-hydroxylation sites is 2. The number of imidazole rings is 1. The maximum atomic E-state index is 12.5. The Balaban J connectivity index is 1.56. The molecule has 7 heteroatoms. The molecule has 1 fully saturated rings. The van der Waals surface area contributed by atoms with Crippen LogP contribution in [0.25, 0.3) is 11.0 Å². The van der Waals surface area contributed by atoms with E-state index in [0.717, 1.165) is 11.0 Å². The molecular weight excluding hydrogens is 320 g/mol. The summed E-state index contributed by atoms with van der Waals surface area (Å²) in [5.74, 6) is -0.174. The Morgan fingerprint density at radius 1 is 1.20 bits per heavy atom. The molecule has 0 radical (unpaired) electrons. The number of carbonyl (C=O) groups is 2. The van der Waals surface area contributed by atoms with E-state index in [1.54, 1.807) is 15.9 Å². The van der Waals surface area contributed by atoms with Gasteiger partial charge in [0.25, 0.3) is 0 Å². The van der Waals surface area contributed by atoms with Crippen LogP contribution in [0.3, 0.4) is 0 Å². The van der Waals surface area contributed by atoms with Crippen molar-refractivity contribution in [3.05, 3.63) is 30.6 Å². The first-order chi connectivity index (χ1) is 11.8. The number of nitrogens with one attached hydrogen (secondary N) is 1. The van der Waals surface area contributed by atoms with Gasteiger partial charge in [-0.05, 0) is 45.7 Å². The fraction of sp³-hybridized carbons (Fsp3) is 0.500. The molecule has 0 aliphatic carbocycles. The lowest BCUT2D eigenvalue weighted by atomic mass is 9.96. The lowest BCUT2D eigenvalue weighted by Crippen LogP contribution is -2.44. The van der Waals surface area contributed by atoms with Gasteiger partial charge in [0.1, 0.15) is 11.9 Å². The van der Waals surface area contributed by atoms with Crippen molar-refractivity contribution < 1.29 is 14.3 Å². The number of rotatable bonds is 2. The fourth-order valence-corrected chi connectivity index (χ4v) is 2.91. The average molecular weight is 344 g/mol. The number of nitrogens with zero attached hydrogens (tertiary/aromatic N) is 3. The SMILES string of the molecule is CC(C)(C)OC(=O)N1CCC(C(=O)Nn2cnc3ccccc32)CC1. The van der Waals surface area contributed by atoms with Gasteiger partial charge in [0, 0.05) is 19.0 Å². The predicted octanol–water partition coefficient (Wildman–Crippen LogP) is 2.75. The van der Waals surface area contributed by atoms with Crippen molar-refractivity contribution in [2.24, 2.45) is 5.92 Å². The van der Waals surface area contributed by atoms with Crippen LogP contribution in [-0.4, -0.2) is 45.3 Å². The van der Waals surface area contributed by atoms with E-state index in [0.29, 0.717) is 25.9 Å². The molecule has 0 atom stereocenters. The van der Waals surface area contributed by atoms with Crippen molar-refractivity contribution in [2.45, 2.75) is 39.2 Å². The van der Waals surface area contributed by atoms with Gasteiger partial charge in [-0.2, -0.15) is 0 Å². The highest BCUT2D eigenvalue weighted by Crippen LogP contribution is 2.20. The van der Waals surface area contributed by atoms with Crippen LogP contribution in [0.4, 0.5) is 4.79 Å². The maximum Gasteiger partial charge on any atom is 0.410 e. The Hall–Kier alpha value is -2.57. The van der Waals surface area contributed by atoms with Crippen molar-refractivity contribution in [3.8, 4) is 0 Å². The number of fused-ring (bicyclic) bond motifs is 1. The third-order valence-electron chi connectivity index (χ3n) is 4.20. The maximum absolute atomic E-state index is 12.5. The summed E-state index contributed by atoms with van der Waals surface area (Å²) in [5, 5.41) is 0. The highest BCUT2D eigenvalue weighted by Gasteiger charge is 2.30. The summed E-state index contributed by atoms with van der Waals surface area (Å²) >= 11 is 0. The summed E-state index contributed by atoms with van der Waals surface area (Å²) in [6.45, 7) is 6.59. The van der Waals surface area contributed by atoms with Crippen molar-refractivity contribution in [3.63, 3.8) is 0 Å². The largest absolute Gasteiger partial charge is 0.444 e. The molecule has 1 aliphatic heterocycles. The van der Waals surface area contributed by atoms with E-state index >= 15 is 0 Å². The highest BCUT2D eigenvalue weighted by molar-refractivity contribution is 5.88. The first kappa shape index (κ1) is 17.3. The minimum Gasteiger partial charge on any atom is -0.444 e. The number of hydrogen-bond donors (Lipinski definition) is 1. The van der Waals surface area contributed by atoms with E-state index in [1.807, 2.05) is 45.0 Å². The summed E-state index contributed by atoms with van der Waals surface area (Å²) in [4.78, 5) is 30.5. The normalized spacial score (nSPS) is 16.0. The number of likely N-dealkylation sites (tertiary alicyclic amines) is 1. The molecule has 0 saturated carbocycles. The Bertz CT molecular complexity index is 770. The zero-order valence-corrected chi connectivity index (χ0v) is 14.9. The van der Waals surface area contributed by atoms with Crippen LogP contribution in [0.15, 0.2) is 30.6 Å². The van der Waals surface area contributed by atoms with Gasteiger partial charge in [0.05, 0.1) is 11.0 Å². The van der Waals surface area contributed by atoms with Crippen LogP contribution in [-0.2, 0) is 9.53 Å². The third kappa shape index (κ3) is 4.10. The van der Waals surface area contributed by atoms with Crippen LogP contribution >= 0.6 is 0 Å². The number of carbonyl (C=O) groups excluding carboxylic acids is 2. The van der Waals surface area contributed by atoms with Gasteiger partial charge in [-0.3, -0.25) is 10.2 Å². The molecule has 134 valence electrons. The van der Waals surface area contributed by atoms with E-state index in [1.165, 1.54) is 0 Å². The third-order valence-corrected chi connectivity index (χ3v) is 4.20. The lowest BCUT2D eigenvalue weighted by molar-refractivity contribution is -0.122. The number of benzene rings is 1. The molecule has 2 aromatic rings. The van der Waals surface area contributed by atoms with E-state index in [-0.39, 0.29) is 17.9 Å². The Kier molecular flexibility index (Phi) is 4.65. The van der Waals surface area contributed by atoms with Gasteiger partial charge in [0.15, 0.2) is 0 Å². The Labute approximate surface area is 146 Å². The molecule has 1 aliphatic rings. The van der Waals surface area contributed by atoms with Gasteiger partial charge >= 0.3 is 6.09 Å².